The number of aliphatic hydroxyl groups excluding tert-OH is 1. The fourth-order valence-electron chi connectivity index (χ4n) is 11.6. The van der Waals surface area contributed by atoms with Gasteiger partial charge in [0.1, 0.15) is 19.3 Å². The molecule has 94 heavy (non-hydrogen) atoms. The zero-order valence-corrected chi connectivity index (χ0v) is 62.7. The number of carbonyl (C=O) groups is 4. The second kappa shape index (κ2) is 69.5. The molecule has 0 heterocycles. The number of carbonyl (C=O) groups excluding carboxylic acids is 4. The molecule has 0 amide bonds. The van der Waals surface area contributed by atoms with Crippen LogP contribution < -0.4 is 0 Å². The molecule has 0 rings (SSSR count). The zero-order valence-electron chi connectivity index (χ0n) is 60.9. The fraction of sp³-hybridized carbons (Fsp3) is 0.947. The van der Waals surface area contributed by atoms with Gasteiger partial charge in [0, 0.05) is 25.7 Å². The van der Waals surface area contributed by atoms with E-state index in [-0.39, 0.29) is 25.7 Å². The number of ether oxygens (including phenoxy) is 4. The van der Waals surface area contributed by atoms with E-state index < -0.39 is 97.5 Å². The van der Waals surface area contributed by atoms with Gasteiger partial charge in [0.05, 0.1) is 26.4 Å². The van der Waals surface area contributed by atoms with E-state index in [0.29, 0.717) is 25.7 Å². The molecule has 0 aromatic carbocycles. The summed E-state index contributed by atoms with van der Waals surface area (Å²) in [5.41, 5.74) is 0. The van der Waals surface area contributed by atoms with Gasteiger partial charge in [-0.05, 0) is 25.7 Å². The van der Waals surface area contributed by atoms with Crippen LogP contribution in [0.5, 0.6) is 0 Å². The maximum absolute atomic E-state index is 13.1. The summed E-state index contributed by atoms with van der Waals surface area (Å²) in [5.74, 6) is -2.11. The molecule has 558 valence electrons. The summed E-state index contributed by atoms with van der Waals surface area (Å²) in [6.07, 6.45) is 59.4. The molecule has 0 aromatic rings. The van der Waals surface area contributed by atoms with Gasteiger partial charge in [-0.2, -0.15) is 0 Å². The highest BCUT2D eigenvalue weighted by atomic mass is 31.2. The van der Waals surface area contributed by atoms with E-state index in [2.05, 4.69) is 27.7 Å². The van der Waals surface area contributed by atoms with Crippen LogP contribution in [0.3, 0.4) is 0 Å². The first-order chi connectivity index (χ1) is 45.7. The Labute approximate surface area is 575 Å². The molecular weight excluding hydrogens is 1230 g/mol. The van der Waals surface area contributed by atoms with Crippen molar-refractivity contribution in [1.29, 1.82) is 0 Å². The first-order valence-electron chi connectivity index (χ1n) is 39.3. The molecule has 0 saturated heterocycles. The summed E-state index contributed by atoms with van der Waals surface area (Å²) in [5, 5.41) is 10.6. The summed E-state index contributed by atoms with van der Waals surface area (Å²) in [7, 11) is -9.91. The number of phosphoric ester groups is 2. The average molecular weight is 1380 g/mol. The minimum absolute atomic E-state index is 0.108. The largest absolute Gasteiger partial charge is 0.472 e. The topological polar surface area (TPSA) is 237 Å². The highest BCUT2D eigenvalue weighted by Gasteiger charge is 2.30. The Kier molecular flexibility index (Phi) is 68.1. The van der Waals surface area contributed by atoms with Crippen LogP contribution >= 0.6 is 15.6 Å². The van der Waals surface area contributed by atoms with Crippen molar-refractivity contribution in [2.45, 2.75) is 418 Å². The molecule has 0 bridgehead atoms. The van der Waals surface area contributed by atoms with Crippen LogP contribution in [0, 0.1) is 0 Å². The van der Waals surface area contributed by atoms with Crippen molar-refractivity contribution in [3.63, 3.8) is 0 Å². The summed E-state index contributed by atoms with van der Waals surface area (Å²) >= 11 is 0. The maximum Gasteiger partial charge on any atom is 0.472 e. The van der Waals surface area contributed by atoms with Crippen molar-refractivity contribution in [3.05, 3.63) is 0 Å². The first kappa shape index (κ1) is 92.1. The minimum atomic E-state index is -4.95. The van der Waals surface area contributed by atoms with Crippen molar-refractivity contribution in [2.24, 2.45) is 0 Å². The Balaban J connectivity index is 5.24. The van der Waals surface area contributed by atoms with Gasteiger partial charge < -0.3 is 33.8 Å². The SMILES string of the molecule is CCCCCCCCCCCCCCCCCCCC(=O)O[C@H](COC(=O)CCCCCCCCCCCCCCCC)COP(=O)(O)OC[C@@H](O)COP(=O)(O)OC[C@@H](COC(=O)CCCCCCCCCCCC)OC(=O)CCCCCCCCCCCCCCC. The normalized spacial score (nSPS) is 13.9. The Morgan fingerprint density at radius 3 is 0.628 bits per heavy atom. The summed E-state index contributed by atoms with van der Waals surface area (Å²) in [6.45, 7) is 4.99. The highest BCUT2D eigenvalue weighted by Crippen LogP contribution is 2.45. The van der Waals surface area contributed by atoms with Crippen LogP contribution in [0.2, 0.25) is 0 Å². The molecule has 0 radical (unpaired) electrons. The highest BCUT2D eigenvalue weighted by molar-refractivity contribution is 7.47. The second-order valence-corrected chi connectivity index (χ2v) is 29.9. The predicted octanol–water partition coefficient (Wildman–Crippen LogP) is 22.2. The predicted molar refractivity (Wildman–Crippen MR) is 382 cm³/mol. The maximum atomic E-state index is 13.1. The third-order valence-electron chi connectivity index (χ3n) is 17.6. The average Bonchev–Trinajstić information content (AvgIpc) is 1.76. The zero-order chi connectivity index (χ0) is 69.0. The Hall–Kier alpha value is -1.94. The first-order valence-corrected chi connectivity index (χ1v) is 42.3. The van der Waals surface area contributed by atoms with Crippen LogP contribution in [-0.2, 0) is 65.4 Å². The van der Waals surface area contributed by atoms with Crippen molar-refractivity contribution < 1.29 is 80.2 Å². The lowest BCUT2D eigenvalue weighted by atomic mass is 10.0. The molecule has 0 fully saturated rings. The third-order valence-corrected chi connectivity index (χ3v) is 19.5. The summed E-state index contributed by atoms with van der Waals surface area (Å²) in [6, 6.07) is 0. The van der Waals surface area contributed by atoms with Gasteiger partial charge in [0.25, 0.3) is 0 Å². The van der Waals surface area contributed by atoms with Gasteiger partial charge >= 0.3 is 39.5 Å². The molecule has 19 heteroatoms. The number of rotatable bonds is 76. The van der Waals surface area contributed by atoms with E-state index in [0.717, 1.165) is 89.9 Å². The van der Waals surface area contributed by atoms with E-state index >= 15 is 0 Å². The van der Waals surface area contributed by atoms with E-state index in [1.54, 1.807) is 0 Å². The molecule has 2 unspecified atom stereocenters. The van der Waals surface area contributed by atoms with Gasteiger partial charge in [0.2, 0.25) is 0 Å². The third kappa shape index (κ3) is 68.6. The monoisotopic (exact) mass is 1380 g/mol. The number of hydrogen-bond donors (Lipinski definition) is 3. The van der Waals surface area contributed by atoms with Gasteiger partial charge in [-0.1, -0.05) is 349 Å². The molecular formula is C75H146O17P2. The van der Waals surface area contributed by atoms with Crippen molar-refractivity contribution in [3.8, 4) is 0 Å². The molecule has 0 spiro atoms. The second-order valence-electron chi connectivity index (χ2n) is 27.0. The van der Waals surface area contributed by atoms with Crippen LogP contribution in [0.25, 0.3) is 0 Å². The van der Waals surface area contributed by atoms with Crippen LogP contribution in [0.4, 0.5) is 0 Å². The molecule has 5 atom stereocenters. The van der Waals surface area contributed by atoms with E-state index in [9.17, 15) is 43.2 Å². The summed E-state index contributed by atoms with van der Waals surface area (Å²) < 4.78 is 68.5. The molecule has 0 saturated carbocycles. The number of aliphatic hydroxyl groups is 1. The molecule has 0 aliphatic rings. The lowest BCUT2D eigenvalue weighted by molar-refractivity contribution is -0.161. The van der Waals surface area contributed by atoms with E-state index in [1.807, 2.05) is 0 Å². The van der Waals surface area contributed by atoms with E-state index in [4.69, 9.17) is 37.0 Å². The van der Waals surface area contributed by atoms with Crippen LogP contribution in [0.1, 0.15) is 400 Å². The number of esters is 4. The lowest BCUT2D eigenvalue weighted by Crippen LogP contribution is -2.30. The smallest absolute Gasteiger partial charge is 0.462 e. The Morgan fingerprint density at radius 2 is 0.426 bits per heavy atom. The fourth-order valence-corrected chi connectivity index (χ4v) is 13.2. The van der Waals surface area contributed by atoms with Gasteiger partial charge in [0.15, 0.2) is 12.2 Å². The van der Waals surface area contributed by atoms with Gasteiger partial charge in [-0.3, -0.25) is 37.3 Å². The molecule has 0 aromatic heterocycles. The molecule has 3 N–H and O–H groups in total. The van der Waals surface area contributed by atoms with Crippen LogP contribution in [0.15, 0.2) is 0 Å². The Bertz CT molecular complexity index is 1790. The number of unbranched alkanes of at least 4 members (excludes halogenated alkanes) is 50. The van der Waals surface area contributed by atoms with Crippen LogP contribution in [-0.4, -0.2) is 96.7 Å². The molecule has 0 aliphatic carbocycles. The summed E-state index contributed by atoms with van der Waals surface area (Å²) in [4.78, 5) is 72.8. The molecule has 17 nitrogen and oxygen atoms in total. The molecule has 0 aliphatic heterocycles. The Morgan fingerprint density at radius 1 is 0.255 bits per heavy atom. The van der Waals surface area contributed by atoms with E-state index in [1.165, 1.54) is 231 Å². The minimum Gasteiger partial charge on any atom is -0.462 e. The number of phosphoric acid groups is 2. The van der Waals surface area contributed by atoms with Gasteiger partial charge in [-0.15, -0.1) is 0 Å². The number of hydrogen-bond acceptors (Lipinski definition) is 15. The van der Waals surface area contributed by atoms with Crippen molar-refractivity contribution in [2.75, 3.05) is 39.6 Å². The van der Waals surface area contributed by atoms with Crippen molar-refractivity contribution >= 4 is 39.5 Å². The van der Waals surface area contributed by atoms with Crippen molar-refractivity contribution in [1.82, 2.24) is 0 Å². The van der Waals surface area contributed by atoms with Gasteiger partial charge in [-0.25, -0.2) is 9.13 Å². The quantitative estimate of drug-likeness (QED) is 0.0222. The lowest BCUT2D eigenvalue weighted by Gasteiger charge is -2.21. The standard InChI is InChI=1S/C75H146O17P2/c1-5-9-13-17-21-25-29-32-34-35-36-39-42-46-50-54-58-62-75(80)92-71(66-86-73(78)60-56-52-48-44-40-38-33-30-26-22-18-14-10-6-2)68-90-94(83,84)88-64-69(76)63-87-93(81,82)89-67-70(65-85-72(77)59-55-51-47-43-28-24-20-16-12-8-4)91-74(79)61-57-53-49-45-41-37-31-27-23-19-15-11-7-3/h69-71,76H,5-68H2,1-4H3,(H,81,82)(H,83,84)/t69-,70+,71+/m0/s1.